The van der Waals surface area contributed by atoms with Crippen LogP contribution in [0.5, 0.6) is 0 Å². The molecule has 0 aromatic carbocycles. The first-order valence-electron chi connectivity index (χ1n) is 13.5. The molecule has 14 nitrogen and oxygen atoms in total. The first-order valence-corrected chi connectivity index (χ1v) is 13.5. The summed E-state index contributed by atoms with van der Waals surface area (Å²) in [5.74, 6) is -2.44. The molecule has 0 aromatic heterocycles. The third-order valence-electron chi connectivity index (χ3n) is 5.41. The molecule has 0 bridgehead atoms. The molecular formula is C28H44N4O10. The molecule has 2 rings (SSSR count). The fraction of sp³-hybridized carbons (Fsp3) is 0.643. The Hall–Kier alpha value is -4.10. The van der Waals surface area contributed by atoms with Gasteiger partial charge in [0.05, 0.1) is 24.9 Å². The lowest BCUT2D eigenvalue weighted by Gasteiger charge is -2.26. The maximum atomic E-state index is 11.7. The number of alkyl carbamates (subject to hydrolysis) is 2. The number of nitrogens with one attached hydrogen (secondary N) is 2. The molecule has 2 atom stereocenters. The SMILES string of the molecule is CC1=CC(=O)N(C[C@H](CC(=O)O)NC(=O)OC(C)(C)C)C1.CC1=CC(=O)N(C[C@H](CC(=O)O)NC(=O)OC(C)(C)C)C1. The van der Waals surface area contributed by atoms with E-state index in [9.17, 15) is 28.8 Å². The molecule has 4 amide bonds. The van der Waals surface area contributed by atoms with Crippen molar-refractivity contribution in [3.8, 4) is 0 Å². The molecule has 14 heteroatoms. The van der Waals surface area contributed by atoms with E-state index in [1.165, 1.54) is 22.0 Å². The number of carbonyl (C=O) groups is 6. The molecule has 0 unspecified atom stereocenters. The van der Waals surface area contributed by atoms with Crippen LogP contribution in [0.15, 0.2) is 23.3 Å². The standard InChI is InChI=1S/2C14H22N2O5/c2*1-9-5-11(17)16(7-9)8-10(6-12(18)19)15-13(20)21-14(2,3)4/h2*5,10H,6-8H2,1-4H3,(H,15,20)(H,18,19)/t2*10-/m00/s1. The lowest BCUT2D eigenvalue weighted by Crippen LogP contribution is -2.47. The minimum atomic E-state index is -1.05. The zero-order valence-electron chi connectivity index (χ0n) is 25.6. The maximum Gasteiger partial charge on any atom is 0.407 e. The molecule has 4 N–H and O–H groups in total. The van der Waals surface area contributed by atoms with E-state index in [1.807, 2.05) is 13.8 Å². The van der Waals surface area contributed by atoms with Gasteiger partial charge in [0, 0.05) is 38.3 Å². The number of ether oxygens (including phenoxy) is 2. The Morgan fingerprint density at radius 1 is 0.738 bits per heavy atom. The van der Waals surface area contributed by atoms with Gasteiger partial charge in [-0.1, -0.05) is 0 Å². The summed E-state index contributed by atoms with van der Waals surface area (Å²) in [5, 5.41) is 22.8. The van der Waals surface area contributed by atoms with E-state index in [1.54, 1.807) is 41.5 Å². The van der Waals surface area contributed by atoms with Crippen LogP contribution in [-0.4, -0.2) is 105 Å². The van der Waals surface area contributed by atoms with Gasteiger partial charge >= 0.3 is 24.1 Å². The highest BCUT2D eigenvalue weighted by atomic mass is 16.6. The summed E-state index contributed by atoms with van der Waals surface area (Å²) < 4.78 is 10.2. The predicted octanol–water partition coefficient (Wildman–Crippen LogP) is 2.29. The first-order chi connectivity index (χ1) is 19.1. The predicted molar refractivity (Wildman–Crippen MR) is 151 cm³/mol. The van der Waals surface area contributed by atoms with Crippen molar-refractivity contribution in [2.45, 2.75) is 91.5 Å². The van der Waals surface area contributed by atoms with Gasteiger partial charge in [-0.05, 0) is 66.5 Å². The van der Waals surface area contributed by atoms with Crippen LogP contribution in [0.25, 0.3) is 0 Å². The van der Waals surface area contributed by atoms with Crippen LogP contribution in [0.2, 0.25) is 0 Å². The molecule has 0 saturated heterocycles. The van der Waals surface area contributed by atoms with Crippen LogP contribution < -0.4 is 10.6 Å². The van der Waals surface area contributed by atoms with E-state index in [4.69, 9.17) is 19.7 Å². The number of carboxylic acids is 2. The smallest absolute Gasteiger partial charge is 0.407 e. The first kappa shape index (κ1) is 35.9. The van der Waals surface area contributed by atoms with Crippen molar-refractivity contribution >= 4 is 35.9 Å². The van der Waals surface area contributed by atoms with Crippen LogP contribution in [0.1, 0.15) is 68.2 Å². The summed E-state index contributed by atoms with van der Waals surface area (Å²) in [4.78, 5) is 71.6. The number of aliphatic carboxylic acids is 2. The van der Waals surface area contributed by atoms with Crippen molar-refractivity contribution < 1.29 is 48.5 Å². The fourth-order valence-corrected chi connectivity index (χ4v) is 3.99. The third-order valence-corrected chi connectivity index (χ3v) is 5.41. The Morgan fingerprint density at radius 3 is 1.26 bits per heavy atom. The molecule has 42 heavy (non-hydrogen) atoms. The van der Waals surface area contributed by atoms with Gasteiger partial charge in [0.1, 0.15) is 11.2 Å². The lowest BCUT2D eigenvalue weighted by molar-refractivity contribution is -0.139. The topological polar surface area (TPSA) is 192 Å². The number of carbonyl (C=O) groups excluding carboxylic acids is 4. The van der Waals surface area contributed by atoms with Gasteiger partial charge in [0.2, 0.25) is 11.8 Å². The Labute approximate surface area is 246 Å². The molecule has 0 radical (unpaired) electrons. The average Bonchev–Trinajstić information content (AvgIpc) is 3.22. The Bertz CT molecular complexity index is 1010. The van der Waals surface area contributed by atoms with E-state index < -0.39 is 47.4 Å². The molecule has 2 aliphatic rings. The number of rotatable bonds is 10. The van der Waals surface area contributed by atoms with Crippen molar-refractivity contribution in [1.82, 2.24) is 20.4 Å². The molecular weight excluding hydrogens is 552 g/mol. The van der Waals surface area contributed by atoms with Crippen LogP contribution in [0.3, 0.4) is 0 Å². The molecule has 0 saturated carbocycles. The highest BCUT2D eigenvalue weighted by Gasteiger charge is 2.28. The average molecular weight is 597 g/mol. The van der Waals surface area contributed by atoms with Gasteiger partial charge in [-0.2, -0.15) is 0 Å². The van der Waals surface area contributed by atoms with Crippen molar-refractivity contribution in [2.75, 3.05) is 26.2 Å². The molecule has 0 spiro atoms. The Kier molecular flexibility index (Phi) is 13.0. The minimum Gasteiger partial charge on any atom is -0.481 e. The summed E-state index contributed by atoms with van der Waals surface area (Å²) in [7, 11) is 0. The second-order valence-electron chi connectivity index (χ2n) is 12.3. The normalized spacial score (nSPS) is 16.5. The van der Waals surface area contributed by atoms with Crippen molar-refractivity contribution in [1.29, 1.82) is 0 Å². The second-order valence-corrected chi connectivity index (χ2v) is 12.3. The van der Waals surface area contributed by atoms with Gasteiger partial charge in [-0.25, -0.2) is 9.59 Å². The summed E-state index contributed by atoms with van der Waals surface area (Å²) in [6.07, 6.45) is 1.08. The quantitative estimate of drug-likeness (QED) is 0.291. The van der Waals surface area contributed by atoms with Gasteiger partial charge in [0.25, 0.3) is 0 Å². The number of hydrogen-bond donors (Lipinski definition) is 4. The van der Waals surface area contributed by atoms with Gasteiger partial charge in [-0.3, -0.25) is 19.2 Å². The number of carboxylic acid groups (broad SMARTS) is 2. The summed E-state index contributed by atoms with van der Waals surface area (Å²) in [6.45, 7) is 15.1. The Balaban J connectivity index is 0.000000420. The van der Waals surface area contributed by atoms with Crippen LogP contribution >= 0.6 is 0 Å². The highest BCUT2D eigenvalue weighted by molar-refractivity contribution is 5.91. The van der Waals surface area contributed by atoms with E-state index in [-0.39, 0.29) is 37.7 Å². The van der Waals surface area contributed by atoms with Crippen LogP contribution in [0, 0.1) is 0 Å². The monoisotopic (exact) mass is 596 g/mol. The van der Waals surface area contributed by atoms with Gasteiger partial charge in [-0.15, -0.1) is 0 Å². The summed E-state index contributed by atoms with van der Waals surface area (Å²) >= 11 is 0. The number of hydrogen-bond acceptors (Lipinski definition) is 8. The van der Waals surface area contributed by atoms with Gasteiger partial charge < -0.3 is 40.1 Å². The van der Waals surface area contributed by atoms with Crippen LogP contribution in [-0.2, 0) is 28.7 Å². The maximum absolute atomic E-state index is 11.7. The third kappa shape index (κ3) is 15.1. The molecule has 0 fully saturated rings. The number of nitrogens with zero attached hydrogens (tertiary/aromatic N) is 2. The van der Waals surface area contributed by atoms with E-state index in [0.29, 0.717) is 13.1 Å². The van der Waals surface area contributed by atoms with Crippen molar-refractivity contribution in [3.63, 3.8) is 0 Å². The zero-order valence-corrected chi connectivity index (χ0v) is 25.6. The summed E-state index contributed by atoms with van der Waals surface area (Å²) in [5.41, 5.74) is 0.483. The van der Waals surface area contributed by atoms with E-state index >= 15 is 0 Å². The fourth-order valence-electron chi connectivity index (χ4n) is 3.99. The van der Waals surface area contributed by atoms with Crippen molar-refractivity contribution in [2.24, 2.45) is 0 Å². The molecule has 2 aliphatic heterocycles. The molecule has 236 valence electrons. The molecule has 0 aliphatic carbocycles. The van der Waals surface area contributed by atoms with E-state index in [0.717, 1.165) is 11.1 Å². The van der Waals surface area contributed by atoms with E-state index in [2.05, 4.69) is 10.6 Å². The second kappa shape index (κ2) is 15.2. The molecule has 0 aromatic rings. The summed E-state index contributed by atoms with van der Waals surface area (Å²) in [6, 6.07) is -1.39. The largest absolute Gasteiger partial charge is 0.481 e. The lowest BCUT2D eigenvalue weighted by atomic mass is 10.2. The number of amides is 4. The Morgan fingerprint density at radius 2 is 1.05 bits per heavy atom. The highest BCUT2D eigenvalue weighted by Crippen LogP contribution is 2.14. The van der Waals surface area contributed by atoms with Crippen LogP contribution in [0.4, 0.5) is 9.59 Å². The van der Waals surface area contributed by atoms with Crippen molar-refractivity contribution in [3.05, 3.63) is 23.3 Å². The van der Waals surface area contributed by atoms with Gasteiger partial charge in [0.15, 0.2) is 0 Å². The molecule has 2 heterocycles. The minimum absolute atomic E-state index is 0.137. The zero-order chi connectivity index (χ0) is 32.4.